The van der Waals surface area contributed by atoms with E-state index in [1.807, 2.05) is 30.3 Å². The van der Waals surface area contributed by atoms with E-state index in [1.54, 1.807) is 22.6 Å². The monoisotopic (exact) mass is 360 g/mol. The van der Waals surface area contributed by atoms with E-state index in [-0.39, 0.29) is 3.58 Å². The van der Waals surface area contributed by atoms with Gasteiger partial charge in [-0.15, -0.1) is 0 Å². The average Bonchev–Trinajstić information content (AvgIpc) is 2.43. The topological polar surface area (TPSA) is 52.6 Å². The van der Waals surface area contributed by atoms with Crippen LogP contribution in [0.25, 0.3) is 0 Å². The lowest BCUT2D eigenvalue weighted by Crippen LogP contribution is -2.13. The van der Waals surface area contributed by atoms with E-state index in [9.17, 15) is 9.59 Å². The minimum atomic E-state index is -0.535. The molecule has 0 heterocycles. The van der Waals surface area contributed by atoms with Gasteiger partial charge in [0.1, 0.15) is 3.58 Å². The fourth-order valence-electron chi connectivity index (χ4n) is 1.38. The molecule has 5 heteroatoms. The quantitative estimate of drug-likeness (QED) is 0.470. The summed E-state index contributed by atoms with van der Waals surface area (Å²) < 4.78 is 9.55. The summed E-state index contributed by atoms with van der Waals surface area (Å²) >= 11 is 1.80. The fourth-order valence-corrected chi connectivity index (χ4v) is 2.01. The highest BCUT2D eigenvalue weighted by molar-refractivity contribution is 14.1. The number of esters is 2. The first-order valence-corrected chi connectivity index (χ1v) is 6.27. The summed E-state index contributed by atoms with van der Waals surface area (Å²) in [6.45, 7) is 0. The van der Waals surface area contributed by atoms with E-state index >= 15 is 0 Å². The van der Waals surface area contributed by atoms with Gasteiger partial charge in [-0.1, -0.05) is 30.3 Å². The third-order valence-corrected chi connectivity index (χ3v) is 3.38. The molecule has 0 fully saturated rings. The summed E-state index contributed by atoms with van der Waals surface area (Å²) in [5, 5.41) is 0. The van der Waals surface area contributed by atoms with Crippen molar-refractivity contribution in [2.24, 2.45) is 0 Å². The molecule has 0 N–H and O–H groups in total. The zero-order valence-corrected chi connectivity index (χ0v) is 12.3. The lowest BCUT2D eigenvalue weighted by molar-refractivity contribution is -0.138. The molecule has 0 unspecified atom stereocenters. The van der Waals surface area contributed by atoms with Crippen LogP contribution in [0.3, 0.4) is 0 Å². The zero-order chi connectivity index (χ0) is 13.5. The number of halogens is 1. The first kappa shape index (κ1) is 14.7. The smallest absolute Gasteiger partial charge is 0.344 e. The van der Waals surface area contributed by atoms with Crippen LogP contribution in [0.2, 0.25) is 0 Å². The minimum Gasteiger partial charge on any atom is -0.466 e. The van der Waals surface area contributed by atoms with Gasteiger partial charge in [0, 0.05) is 6.42 Å². The molecule has 96 valence electrons. The number of rotatable bonds is 4. The Labute approximate surface area is 119 Å². The SMILES string of the molecule is COC(=O)/C(I)=C(/Cc1ccccc1)C(=O)OC. The van der Waals surface area contributed by atoms with Crippen molar-refractivity contribution in [3.05, 3.63) is 45.0 Å². The molecule has 0 radical (unpaired) electrons. The van der Waals surface area contributed by atoms with Crippen molar-refractivity contribution in [2.75, 3.05) is 14.2 Å². The number of hydrogen-bond acceptors (Lipinski definition) is 4. The van der Waals surface area contributed by atoms with Crippen molar-refractivity contribution in [3.63, 3.8) is 0 Å². The predicted molar refractivity (Wildman–Crippen MR) is 75.2 cm³/mol. The number of carbonyl (C=O) groups excluding carboxylic acids is 2. The van der Waals surface area contributed by atoms with Crippen LogP contribution in [0.5, 0.6) is 0 Å². The van der Waals surface area contributed by atoms with Crippen LogP contribution >= 0.6 is 22.6 Å². The molecule has 0 spiro atoms. The highest BCUT2D eigenvalue weighted by atomic mass is 127. The van der Waals surface area contributed by atoms with Crippen LogP contribution in [-0.2, 0) is 25.5 Å². The maximum atomic E-state index is 11.7. The Hall–Kier alpha value is -1.37. The maximum absolute atomic E-state index is 11.7. The number of benzene rings is 1. The summed E-state index contributed by atoms with van der Waals surface area (Å²) in [5.74, 6) is -1.06. The van der Waals surface area contributed by atoms with E-state index in [0.717, 1.165) is 5.56 Å². The molecule has 0 amide bonds. The molecule has 0 aliphatic heterocycles. The number of ether oxygens (including phenoxy) is 2. The van der Waals surface area contributed by atoms with Crippen LogP contribution in [0.4, 0.5) is 0 Å². The normalized spacial score (nSPS) is 11.5. The Morgan fingerprint density at radius 3 is 2.11 bits per heavy atom. The van der Waals surface area contributed by atoms with Crippen LogP contribution in [0.15, 0.2) is 39.5 Å². The van der Waals surface area contributed by atoms with Crippen molar-refractivity contribution in [2.45, 2.75) is 6.42 Å². The second-order valence-corrected chi connectivity index (χ2v) is 4.52. The third-order valence-electron chi connectivity index (χ3n) is 2.29. The Bertz CT molecular complexity index is 465. The molecule has 18 heavy (non-hydrogen) atoms. The number of hydrogen-bond donors (Lipinski definition) is 0. The second kappa shape index (κ2) is 7.15. The second-order valence-electron chi connectivity index (χ2n) is 3.44. The molecule has 0 saturated carbocycles. The molecule has 0 aliphatic carbocycles. The van der Waals surface area contributed by atoms with Gasteiger partial charge < -0.3 is 9.47 Å². The van der Waals surface area contributed by atoms with Gasteiger partial charge in [0.05, 0.1) is 19.8 Å². The summed E-state index contributed by atoms with van der Waals surface area (Å²) in [7, 11) is 2.56. The van der Waals surface area contributed by atoms with E-state index in [0.29, 0.717) is 12.0 Å². The van der Waals surface area contributed by atoms with Crippen molar-refractivity contribution >= 4 is 34.5 Å². The van der Waals surface area contributed by atoms with Crippen molar-refractivity contribution in [3.8, 4) is 0 Å². The van der Waals surface area contributed by atoms with Gasteiger partial charge in [-0.3, -0.25) is 0 Å². The largest absolute Gasteiger partial charge is 0.466 e. The minimum absolute atomic E-state index is 0.241. The van der Waals surface area contributed by atoms with Crippen LogP contribution in [0.1, 0.15) is 5.56 Å². The molecule has 4 nitrogen and oxygen atoms in total. The molecule has 0 saturated heterocycles. The predicted octanol–water partition coefficient (Wildman–Crippen LogP) is 2.26. The van der Waals surface area contributed by atoms with Gasteiger partial charge in [0.2, 0.25) is 0 Å². The Balaban J connectivity index is 3.07. The van der Waals surface area contributed by atoms with Crippen LogP contribution in [-0.4, -0.2) is 26.2 Å². The average molecular weight is 360 g/mol. The van der Waals surface area contributed by atoms with Gasteiger partial charge in [0.25, 0.3) is 0 Å². The van der Waals surface area contributed by atoms with Gasteiger partial charge >= 0.3 is 11.9 Å². The fraction of sp³-hybridized carbons (Fsp3) is 0.231. The molecule has 1 aromatic rings. The summed E-state index contributed by atoms with van der Waals surface area (Å²) in [6.07, 6.45) is 0.334. The van der Waals surface area contributed by atoms with E-state index in [2.05, 4.69) is 4.74 Å². The maximum Gasteiger partial charge on any atom is 0.344 e. The van der Waals surface area contributed by atoms with Gasteiger partial charge in [-0.05, 0) is 28.2 Å². The highest BCUT2D eigenvalue weighted by Crippen LogP contribution is 2.20. The number of carbonyl (C=O) groups is 2. The lowest BCUT2D eigenvalue weighted by Gasteiger charge is -2.08. The molecule has 0 atom stereocenters. The van der Waals surface area contributed by atoms with E-state index in [4.69, 9.17) is 4.74 Å². The van der Waals surface area contributed by atoms with Crippen molar-refractivity contribution in [1.29, 1.82) is 0 Å². The molecule has 1 rings (SSSR count). The first-order chi connectivity index (χ1) is 8.60. The molecular formula is C13H13IO4. The lowest BCUT2D eigenvalue weighted by atomic mass is 10.1. The Morgan fingerprint density at radius 2 is 1.61 bits per heavy atom. The molecule has 0 aliphatic rings. The summed E-state index contributed by atoms with van der Waals surface area (Å²) in [4.78, 5) is 23.2. The van der Waals surface area contributed by atoms with Crippen LogP contribution < -0.4 is 0 Å². The van der Waals surface area contributed by atoms with Crippen molar-refractivity contribution < 1.29 is 19.1 Å². The number of methoxy groups -OCH3 is 2. The summed E-state index contributed by atoms with van der Waals surface area (Å²) in [5.41, 5.74) is 1.23. The molecular weight excluding hydrogens is 347 g/mol. The van der Waals surface area contributed by atoms with Gasteiger partial charge in [-0.25, -0.2) is 9.59 Å². The Morgan fingerprint density at radius 1 is 1.06 bits per heavy atom. The third kappa shape index (κ3) is 3.83. The molecule has 0 bridgehead atoms. The molecule has 1 aromatic carbocycles. The zero-order valence-electron chi connectivity index (χ0n) is 10.1. The van der Waals surface area contributed by atoms with Gasteiger partial charge in [0.15, 0.2) is 0 Å². The van der Waals surface area contributed by atoms with E-state index < -0.39 is 11.9 Å². The Kier molecular flexibility index (Phi) is 5.84. The summed E-state index contributed by atoms with van der Waals surface area (Å²) in [6, 6.07) is 9.38. The highest BCUT2D eigenvalue weighted by Gasteiger charge is 2.20. The van der Waals surface area contributed by atoms with Crippen molar-refractivity contribution in [1.82, 2.24) is 0 Å². The first-order valence-electron chi connectivity index (χ1n) is 5.19. The van der Waals surface area contributed by atoms with Crippen LogP contribution in [0, 0.1) is 0 Å². The van der Waals surface area contributed by atoms with E-state index in [1.165, 1.54) is 14.2 Å². The van der Waals surface area contributed by atoms with Gasteiger partial charge in [-0.2, -0.15) is 0 Å². The molecule has 0 aromatic heterocycles. The standard InChI is InChI=1S/C13H13IO4/c1-17-12(15)10(11(14)13(16)18-2)8-9-6-4-3-5-7-9/h3-7H,8H2,1-2H3/b11-10+.